The number of likely N-dealkylation sites (N-methyl/N-ethyl adjacent to an activating group) is 1. The van der Waals surface area contributed by atoms with Gasteiger partial charge < -0.3 is 19.1 Å². The molecule has 0 unspecified atom stereocenters. The number of aromatic nitrogens is 1. The van der Waals surface area contributed by atoms with Gasteiger partial charge in [-0.15, -0.1) is 12.4 Å². The molecule has 0 saturated carbocycles. The van der Waals surface area contributed by atoms with E-state index in [1.807, 2.05) is 12.1 Å². The molecule has 0 bridgehead atoms. The molecule has 2 aromatic carbocycles. The highest BCUT2D eigenvalue weighted by Gasteiger charge is 2.23. The van der Waals surface area contributed by atoms with Gasteiger partial charge in [-0.05, 0) is 37.4 Å². The fourth-order valence-corrected chi connectivity index (χ4v) is 4.54. The molecule has 180 valence electrons. The SMILES string of the molecule is CCN(CC)CCN(C(=O)COc1cccc(OC)c1)c1nc2c(OC)ccc(Cl)c2s1.Cl. The molecule has 1 aromatic heterocycles. The first kappa shape index (κ1) is 27.0. The Morgan fingerprint density at radius 2 is 1.79 bits per heavy atom. The van der Waals surface area contributed by atoms with E-state index in [1.165, 1.54) is 11.3 Å². The minimum absolute atomic E-state index is 0. The predicted molar refractivity (Wildman–Crippen MR) is 137 cm³/mol. The number of anilines is 1. The van der Waals surface area contributed by atoms with Crippen LogP contribution in [0.2, 0.25) is 5.02 Å². The number of fused-ring (bicyclic) bond motifs is 1. The smallest absolute Gasteiger partial charge is 0.266 e. The Kier molecular flexibility index (Phi) is 10.5. The second-order valence-corrected chi connectivity index (χ2v) is 8.35. The van der Waals surface area contributed by atoms with Crippen LogP contribution in [0.15, 0.2) is 36.4 Å². The van der Waals surface area contributed by atoms with Crippen molar-refractivity contribution in [2.45, 2.75) is 13.8 Å². The van der Waals surface area contributed by atoms with Crippen LogP contribution in [0.3, 0.4) is 0 Å². The molecule has 0 spiro atoms. The lowest BCUT2D eigenvalue weighted by Crippen LogP contribution is -2.41. The fourth-order valence-electron chi connectivity index (χ4n) is 3.24. The number of nitrogens with zero attached hydrogens (tertiary/aromatic N) is 3. The predicted octanol–water partition coefficient (Wildman–Crippen LogP) is 5.14. The Hall–Kier alpha value is -2.26. The first-order valence-electron chi connectivity index (χ1n) is 10.4. The van der Waals surface area contributed by atoms with Gasteiger partial charge in [-0.1, -0.05) is 42.9 Å². The van der Waals surface area contributed by atoms with E-state index in [1.54, 1.807) is 43.4 Å². The molecule has 33 heavy (non-hydrogen) atoms. The van der Waals surface area contributed by atoms with Gasteiger partial charge in [-0.2, -0.15) is 0 Å². The average molecular weight is 514 g/mol. The van der Waals surface area contributed by atoms with Gasteiger partial charge in [-0.25, -0.2) is 4.98 Å². The molecule has 3 rings (SSSR count). The number of amides is 1. The minimum atomic E-state index is -0.186. The summed E-state index contributed by atoms with van der Waals surface area (Å²) in [4.78, 5) is 21.8. The van der Waals surface area contributed by atoms with Crippen LogP contribution in [0, 0.1) is 0 Å². The molecular formula is C23H29Cl2N3O4S. The number of halogens is 2. The molecular weight excluding hydrogens is 485 g/mol. The number of carbonyl (C=O) groups is 1. The van der Waals surface area contributed by atoms with Gasteiger partial charge in [0, 0.05) is 19.2 Å². The van der Waals surface area contributed by atoms with E-state index in [9.17, 15) is 4.79 Å². The summed E-state index contributed by atoms with van der Waals surface area (Å²) < 4.78 is 17.2. The third-order valence-electron chi connectivity index (χ3n) is 5.14. The molecule has 0 aliphatic rings. The Bertz CT molecular complexity index is 1060. The highest BCUT2D eigenvalue weighted by molar-refractivity contribution is 7.23. The van der Waals surface area contributed by atoms with E-state index in [-0.39, 0.29) is 24.9 Å². The van der Waals surface area contributed by atoms with Crippen LogP contribution in [-0.2, 0) is 4.79 Å². The molecule has 1 amide bonds. The van der Waals surface area contributed by atoms with Gasteiger partial charge in [0.05, 0.1) is 23.9 Å². The monoisotopic (exact) mass is 513 g/mol. The molecule has 0 aliphatic heterocycles. The van der Waals surface area contributed by atoms with E-state index >= 15 is 0 Å². The normalized spacial score (nSPS) is 10.7. The van der Waals surface area contributed by atoms with Crippen molar-refractivity contribution in [2.24, 2.45) is 0 Å². The maximum atomic E-state index is 13.2. The van der Waals surface area contributed by atoms with Crippen LogP contribution in [0.1, 0.15) is 13.8 Å². The number of carbonyl (C=O) groups excluding carboxylic acids is 1. The maximum Gasteiger partial charge on any atom is 0.266 e. The minimum Gasteiger partial charge on any atom is -0.497 e. The topological polar surface area (TPSA) is 64.1 Å². The van der Waals surface area contributed by atoms with Crippen LogP contribution in [0.25, 0.3) is 10.2 Å². The van der Waals surface area contributed by atoms with Crippen LogP contribution in [0.5, 0.6) is 17.2 Å². The average Bonchev–Trinajstić information content (AvgIpc) is 3.27. The van der Waals surface area contributed by atoms with Crippen molar-refractivity contribution in [1.29, 1.82) is 0 Å². The summed E-state index contributed by atoms with van der Waals surface area (Å²) in [5.74, 6) is 1.67. The highest BCUT2D eigenvalue weighted by atomic mass is 35.5. The number of thiazole rings is 1. The molecule has 1 heterocycles. The summed E-state index contributed by atoms with van der Waals surface area (Å²) in [7, 11) is 3.18. The largest absolute Gasteiger partial charge is 0.497 e. The molecule has 0 N–H and O–H groups in total. The number of hydrogen-bond donors (Lipinski definition) is 0. The molecule has 10 heteroatoms. The summed E-state index contributed by atoms with van der Waals surface area (Å²) in [5, 5.41) is 1.14. The molecule has 0 radical (unpaired) electrons. The summed E-state index contributed by atoms with van der Waals surface area (Å²) in [6.45, 7) is 7.09. The maximum absolute atomic E-state index is 13.2. The second-order valence-electron chi connectivity index (χ2n) is 6.96. The lowest BCUT2D eigenvalue weighted by Gasteiger charge is -2.24. The number of ether oxygens (including phenoxy) is 3. The van der Waals surface area contributed by atoms with E-state index in [2.05, 4.69) is 18.7 Å². The third-order valence-corrected chi connectivity index (χ3v) is 6.68. The van der Waals surface area contributed by atoms with Crippen molar-refractivity contribution >= 4 is 56.6 Å². The van der Waals surface area contributed by atoms with Crippen LogP contribution in [0.4, 0.5) is 5.13 Å². The van der Waals surface area contributed by atoms with Crippen molar-refractivity contribution in [1.82, 2.24) is 9.88 Å². The van der Waals surface area contributed by atoms with E-state index < -0.39 is 0 Å². The standard InChI is InChI=1S/C23H28ClN3O4S.ClH/c1-5-26(6-2)12-13-27(20(28)15-31-17-9-7-8-16(14-17)29-3)23-25-21-19(30-4)11-10-18(24)22(21)32-23;/h7-11,14H,5-6,12-13,15H2,1-4H3;1H. The first-order valence-corrected chi connectivity index (χ1v) is 11.6. The number of benzene rings is 2. The second kappa shape index (κ2) is 12.8. The van der Waals surface area contributed by atoms with Crippen molar-refractivity contribution in [2.75, 3.05) is 51.9 Å². The molecule has 0 fully saturated rings. The van der Waals surface area contributed by atoms with Crippen LogP contribution < -0.4 is 19.1 Å². The fraction of sp³-hybridized carbons (Fsp3) is 0.391. The molecule has 7 nitrogen and oxygen atoms in total. The van der Waals surface area contributed by atoms with Crippen molar-refractivity contribution in [3.8, 4) is 17.2 Å². The Morgan fingerprint density at radius 3 is 2.45 bits per heavy atom. The Morgan fingerprint density at radius 1 is 1.06 bits per heavy atom. The van der Waals surface area contributed by atoms with Gasteiger partial charge in [0.25, 0.3) is 5.91 Å². The molecule has 0 aliphatic carbocycles. The number of rotatable bonds is 11. The van der Waals surface area contributed by atoms with E-state index in [0.29, 0.717) is 39.5 Å². The van der Waals surface area contributed by atoms with E-state index in [0.717, 1.165) is 24.3 Å². The lowest BCUT2D eigenvalue weighted by molar-refractivity contribution is -0.120. The summed E-state index contributed by atoms with van der Waals surface area (Å²) >= 11 is 7.76. The Labute approximate surface area is 209 Å². The van der Waals surface area contributed by atoms with E-state index in [4.69, 9.17) is 30.8 Å². The number of methoxy groups -OCH3 is 2. The van der Waals surface area contributed by atoms with Crippen molar-refractivity contribution in [3.05, 3.63) is 41.4 Å². The highest BCUT2D eigenvalue weighted by Crippen LogP contribution is 2.38. The van der Waals surface area contributed by atoms with Crippen LogP contribution in [-0.4, -0.2) is 62.8 Å². The van der Waals surface area contributed by atoms with Crippen molar-refractivity contribution < 1.29 is 19.0 Å². The zero-order chi connectivity index (χ0) is 23.1. The quantitative estimate of drug-likeness (QED) is 0.353. The Balaban J connectivity index is 0.00000385. The van der Waals surface area contributed by atoms with Gasteiger partial charge >= 0.3 is 0 Å². The van der Waals surface area contributed by atoms with Crippen molar-refractivity contribution in [3.63, 3.8) is 0 Å². The van der Waals surface area contributed by atoms with Gasteiger partial charge in [0.1, 0.15) is 22.8 Å². The van der Waals surface area contributed by atoms with Gasteiger partial charge in [-0.3, -0.25) is 9.69 Å². The summed E-state index contributed by atoms with van der Waals surface area (Å²) in [5.41, 5.74) is 0.648. The van der Waals surface area contributed by atoms with Gasteiger partial charge in [0.2, 0.25) is 0 Å². The summed E-state index contributed by atoms with van der Waals surface area (Å²) in [6, 6.07) is 10.7. The first-order chi connectivity index (χ1) is 15.5. The molecule has 0 atom stereocenters. The summed E-state index contributed by atoms with van der Waals surface area (Å²) in [6.07, 6.45) is 0. The number of hydrogen-bond acceptors (Lipinski definition) is 7. The third kappa shape index (κ3) is 6.63. The zero-order valence-electron chi connectivity index (χ0n) is 19.2. The lowest BCUT2D eigenvalue weighted by atomic mass is 10.3. The molecule has 0 saturated heterocycles. The van der Waals surface area contributed by atoms with Crippen LogP contribution >= 0.6 is 35.3 Å². The zero-order valence-corrected chi connectivity index (χ0v) is 21.6. The molecule has 3 aromatic rings. The van der Waals surface area contributed by atoms with Gasteiger partial charge in [0.15, 0.2) is 11.7 Å².